The van der Waals surface area contributed by atoms with Crippen LogP contribution in [0.1, 0.15) is 50.5 Å². The second-order valence-electron chi connectivity index (χ2n) is 9.10. The van der Waals surface area contributed by atoms with Crippen molar-refractivity contribution in [2.75, 3.05) is 20.2 Å². The Balaban J connectivity index is 1.52. The number of piperidine rings is 1. The summed E-state index contributed by atoms with van der Waals surface area (Å²) in [5.41, 5.74) is 0.899. The molecule has 5 heteroatoms. The largest absolute Gasteiger partial charge is 0.497 e. The lowest BCUT2D eigenvalue weighted by Gasteiger charge is -2.42. The van der Waals surface area contributed by atoms with Gasteiger partial charge in [0.15, 0.2) is 0 Å². The number of hydrogen-bond donors (Lipinski definition) is 1. The van der Waals surface area contributed by atoms with E-state index < -0.39 is 5.97 Å². The Morgan fingerprint density at radius 1 is 1.21 bits per heavy atom. The SMILES string of the molecule is COc1cccc(CC2(C(=O)N3CCC(CC(=O)O)CC3)CC3CCC2C3)c1. The Labute approximate surface area is 167 Å². The molecule has 2 aliphatic carbocycles. The first-order valence-electron chi connectivity index (χ1n) is 10.6. The Morgan fingerprint density at radius 3 is 2.61 bits per heavy atom. The number of carbonyl (C=O) groups is 2. The van der Waals surface area contributed by atoms with E-state index in [0.717, 1.165) is 37.9 Å². The van der Waals surface area contributed by atoms with Crippen molar-refractivity contribution in [3.05, 3.63) is 29.8 Å². The van der Waals surface area contributed by atoms with Crippen molar-refractivity contribution in [1.29, 1.82) is 0 Å². The van der Waals surface area contributed by atoms with Crippen LogP contribution >= 0.6 is 0 Å². The van der Waals surface area contributed by atoms with Gasteiger partial charge in [-0.05, 0) is 74.0 Å². The molecule has 0 radical (unpaired) electrons. The molecule has 0 aromatic heterocycles. The first-order valence-corrected chi connectivity index (χ1v) is 10.6. The molecule has 1 aromatic carbocycles. The average Bonchev–Trinajstić information content (AvgIpc) is 3.29. The summed E-state index contributed by atoms with van der Waals surface area (Å²) >= 11 is 0. The zero-order valence-corrected chi connectivity index (χ0v) is 16.7. The highest BCUT2D eigenvalue weighted by molar-refractivity contribution is 5.84. The predicted molar refractivity (Wildman–Crippen MR) is 106 cm³/mol. The van der Waals surface area contributed by atoms with Crippen LogP contribution in [-0.4, -0.2) is 42.1 Å². The number of benzene rings is 1. The van der Waals surface area contributed by atoms with Gasteiger partial charge in [-0.15, -0.1) is 0 Å². The number of carbonyl (C=O) groups excluding carboxylic acids is 1. The monoisotopic (exact) mass is 385 g/mol. The molecule has 2 bridgehead atoms. The quantitative estimate of drug-likeness (QED) is 0.810. The highest BCUT2D eigenvalue weighted by atomic mass is 16.5. The molecule has 1 aromatic rings. The molecule has 3 unspecified atom stereocenters. The van der Waals surface area contributed by atoms with Gasteiger partial charge in [0, 0.05) is 19.5 Å². The van der Waals surface area contributed by atoms with Crippen molar-refractivity contribution >= 4 is 11.9 Å². The highest BCUT2D eigenvalue weighted by Gasteiger charge is 2.56. The smallest absolute Gasteiger partial charge is 0.303 e. The molecule has 1 N–H and O–H groups in total. The van der Waals surface area contributed by atoms with E-state index in [1.807, 2.05) is 17.0 Å². The van der Waals surface area contributed by atoms with Gasteiger partial charge in [-0.1, -0.05) is 18.6 Å². The van der Waals surface area contributed by atoms with Crippen LogP contribution in [0.3, 0.4) is 0 Å². The minimum atomic E-state index is -0.729. The van der Waals surface area contributed by atoms with Gasteiger partial charge in [0.25, 0.3) is 0 Å². The van der Waals surface area contributed by atoms with Crippen LogP contribution < -0.4 is 4.74 Å². The number of fused-ring (bicyclic) bond motifs is 2. The number of nitrogens with zero attached hydrogens (tertiary/aromatic N) is 1. The Bertz CT molecular complexity index is 740. The summed E-state index contributed by atoms with van der Waals surface area (Å²) in [4.78, 5) is 26.8. The molecule has 2 saturated carbocycles. The lowest BCUT2D eigenvalue weighted by molar-refractivity contribution is -0.147. The number of ether oxygens (including phenoxy) is 1. The summed E-state index contributed by atoms with van der Waals surface area (Å²) in [5.74, 6) is 1.80. The zero-order chi connectivity index (χ0) is 19.7. The third-order valence-corrected chi connectivity index (χ3v) is 7.42. The van der Waals surface area contributed by atoms with Gasteiger partial charge >= 0.3 is 5.97 Å². The minimum absolute atomic E-state index is 0.205. The summed E-state index contributed by atoms with van der Waals surface area (Å²) < 4.78 is 5.39. The number of aliphatic carboxylic acids is 1. The second-order valence-corrected chi connectivity index (χ2v) is 9.10. The van der Waals surface area contributed by atoms with Crippen molar-refractivity contribution in [3.8, 4) is 5.75 Å². The molecule has 152 valence electrons. The van der Waals surface area contributed by atoms with Crippen LogP contribution in [0.25, 0.3) is 0 Å². The van der Waals surface area contributed by atoms with Gasteiger partial charge in [-0.2, -0.15) is 0 Å². The molecule has 3 aliphatic rings. The molecule has 3 atom stereocenters. The molecular formula is C23H31NO4. The normalized spacial score (nSPS) is 29.8. The van der Waals surface area contributed by atoms with Crippen LogP contribution in [0, 0.1) is 23.2 Å². The Kier molecular flexibility index (Phi) is 5.35. The van der Waals surface area contributed by atoms with E-state index in [2.05, 4.69) is 12.1 Å². The first kappa shape index (κ1) is 19.3. The van der Waals surface area contributed by atoms with E-state index >= 15 is 0 Å². The first-order chi connectivity index (χ1) is 13.5. The summed E-state index contributed by atoms with van der Waals surface area (Å²) in [6.45, 7) is 1.40. The van der Waals surface area contributed by atoms with Crippen LogP contribution in [0.15, 0.2) is 24.3 Å². The lowest BCUT2D eigenvalue weighted by Crippen LogP contribution is -2.50. The van der Waals surface area contributed by atoms with Gasteiger partial charge in [-0.3, -0.25) is 9.59 Å². The van der Waals surface area contributed by atoms with Crippen LogP contribution in [-0.2, 0) is 16.0 Å². The van der Waals surface area contributed by atoms with Gasteiger partial charge in [0.05, 0.1) is 12.5 Å². The topological polar surface area (TPSA) is 66.8 Å². The summed E-state index contributed by atoms with van der Waals surface area (Å²) in [6.07, 6.45) is 7.24. The standard InChI is InChI=1S/C23H31NO4/c1-28-20-4-2-3-17(12-20)14-23(15-18-5-6-19(23)11-18)22(27)24-9-7-16(8-10-24)13-21(25)26/h2-4,12,16,18-19H,5-11,13-15H2,1H3,(H,25,26). The number of methoxy groups -OCH3 is 1. The fraction of sp³-hybridized carbons (Fsp3) is 0.652. The maximum Gasteiger partial charge on any atom is 0.303 e. The lowest BCUT2D eigenvalue weighted by atomic mass is 9.68. The average molecular weight is 386 g/mol. The fourth-order valence-corrected chi connectivity index (χ4v) is 6.05. The molecule has 1 amide bonds. The van der Waals surface area contributed by atoms with E-state index in [1.165, 1.54) is 18.4 Å². The summed E-state index contributed by atoms with van der Waals surface area (Å²) in [7, 11) is 1.68. The predicted octanol–water partition coefficient (Wildman–Crippen LogP) is 3.76. The number of amides is 1. The maximum absolute atomic E-state index is 13.8. The van der Waals surface area contributed by atoms with E-state index in [-0.39, 0.29) is 17.8 Å². The molecule has 1 saturated heterocycles. The molecule has 1 heterocycles. The van der Waals surface area contributed by atoms with Gasteiger partial charge in [-0.25, -0.2) is 0 Å². The van der Waals surface area contributed by atoms with Crippen molar-refractivity contribution in [3.63, 3.8) is 0 Å². The van der Waals surface area contributed by atoms with Crippen molar-refractivity contribution in [2.24, 2.45) is 23.2 Å². The Morgan fingerprint density at radius 2 is 2.00 bits per heavy atom. The molecule has 1 aliphatic heterocycles. The van der Waals surface area contributed by atoms with Gasteiger partial charge in [0.2, 0.25) is 5.91 Å². The van der Waals surface area contributed by atoms with E-state index in [9.17, 15) is 9.59 Å². The van der Waals surface area contributed by atoms with Crippen LogP contribution in [0.2, 0.25) is 0 Å². The van der Waals surface area contributed by atoms with Crippen LogP contribution in [0.5, 0.6) is 5.75 Å². The number of carboxylic acids is 1. The van der Waals surface area contributed by atoms with Crippen molar-refractivity contribution in [1.82, 2.24) is 4.90 Å². The fourth-order valence-electron chi connectivity index (χ4n) is 6.05. The number of hydrogen-bond acceptors (Lipinski definition) is 3. The van der Waals surface area contributed by atoms with E-state index in [0.29, 0.717) is 30.8 Å². The number of carboxylic acid groups (broad SMARTS) is 1. The van der Waals surface area contributed by atoms with E-state index in [1.54, 1.807) is 7.11 Å². The van der Waals surface area contributed by atoms with Crippen molar-refractivity contribution < 1.29 is 19.4 Å². The zero-order valence-electron chi connectivity index (χ0n) is 16.7. The van der Waals surface area contributed by atoms with Gasteiger partial charge < -0.3 is 14.7 Å². The second kappa shape index (κ2) is 7.76. The highest BCUT2D eigenvalue weighted by Crippen LogP contribution is 2.58. The molecular weight excluding hydrogens is 354 g/mol. The maximum atomic E-state index is 13.8. The summed E-state index contributed by atoms with van der Waals surface area (Å²) in [5, 5.41) is 9.04. The molecule has 0 spiro atoms. The molecule has 28 heavy (non-hydrogen) atoms. The third kappa shape index (κ3) is 3.63. The number of likely N-dealkylation sites (tertiary alicyclic amines) is 1. The summed E-state index contributed by atoms with van der Waals surface area (Å²) in [6, 6.07) is 8.14. The molecule has 4 rings (SSSR count). The third-order valence-electron chi connectivity index (χ3n) is 7.42. The molecule has 3 fully saturated rings. The minimum Gasteiger partial charge on any atom is -0.497 e. The van der Waals surface area contributed by atoms with Crippen LogP contribution in [0.4, 0.5) is 0 Å². The molecule has 5 nitrogen and oxygen atoms in total. The number of rotatable bonds is 6. The van der Waals surface area contributed by atoms with Crippen molar-refractivity contribution in [2.45, 2.75) is 51.4 Å². The Hall–Kier alpha value is -2.04. The van der Waals surface area contributed by atoms with Gasteiger partial charge in [0.1, 0.15) is 5.75 Å². The van der Waals surface area contributed by atoms with E-state index in [4.69, 9.17) is 9.84 Å².